The number of nitrogens with one attached hydrogen (secondary N) is 1. The fraction of sp³-hybridized carbons (Fsp3) is 0.462. The quantitative estimate of drug-likeness (QED) is 0.588. The van der Waals surface area contributed by atoms with Gasteiger partial charge in [-0.1, -0.05) is 49.2 Å². The second kappa shape index (κ2) is 10.7. The summed E-state index contributed by atoms with van der Waals surface area (Å²) in [4.78, 5) is 27.0. The van der Waals surface area contributed by atoms with Gasteiger partial charge < -0.3 is 19.5 Å². The molecular weight excluding hydrogens is 420 g/mol. The minimum atomic E-state index is -0.409. The summed E-state index contributed by atoms with van der Waals surface area (Å²) in [6, 6.07) is 16.0. The second-order valence-corrected chi connectivity index (χ2v) is 8.72. The van der Waals surface area contributed by atoms with Crippen LogP contribution in [0, 0.1) is 0 Å². The van der Waals surface area contributed by atoms with Crippen LogP contribution in [0.4, 0.5) is 0 Å². The van der Waals surface area contributed by atoms with Crippen LogP contribution in [0.5, 0.6) is 11.5 Å². The lowest BCUT2D eigenvalue weighted by Crippen LogP contribution is -2.48. The van der Waals surface area contributed by atoms with E-state index in [1.54, 1.807) is 0 Å². The standard InChI is InChI=1S/C26H32N2O5/c1-31-25(30)11-14-28(18-20-7-3-2-4-8-20)19-24(29)27-26(12-5-6-13-26)21-9-10-22-23(17-21)33-16-15-32-22/h2-4,7-10,17H,5-6,11-16,18-19H2,1H3,(H,27,29). The highest BCUT2D eigenvalue weighted by molar-refractivity contribution is 5.79. The first-order valence-corrected chi connectivity index (χ1v) is 11.6. The van der Waals surface area contributed by atoms with Gasteiger partial charge in [0.15, 0.2) is 11.5 Å². The van der Waals surface area contributed by atoms with E-state index in [9.17, 15) is 9.59 Å². The predicted octanol–water partition coefficient (Wildman–Crippen LogP) is 3.41. The Bertz CT molecular complexity index is 956. The van der Waals surface area contributed by atoms with Crippen molar-refractivity contribution in [1.82, 2.24) is 10.2 Å². The average Bonchev–Trinajstić information content (AvgIpc) is 3.32. The summed E-state index contributed by atoms with van der Waals surface area (Å²) in [5.74, 6) is 1.16. The number of carbonyl (C=O) groups excluding carboxylic acids is 2. The van der Waals surface area contributed by atoms with Gasteiger partial charge in [-0.3, -0.25) is 14.5 Å². The van der Waals surface area contributed by atoms with E-state index in [-0.39, 0.29) is 24.8 Å². The number of benzene rings is 2. The van der Waals surface area contributed by atoms with E-state index in [0.29, 0.717) is 26.3 Å². The first-order chi connectivity index (χ1) is 16.1. The Hall–Kier alpha value is -3.06. The van der Waals surface area contributed by atoms with Gasteiger partial charge in [-0.15, -0.1) is 0 Å². The third kappa shape index (κ3) is 5.85. The highest BCUT2D eigenvalue weighted by Gasteiger charge is 2.38. The van der Waals surface area contributed by atoms with Gasteiger partial charge in [-0.05, 0) is 36.1 Å². The Labute approximate surface area is 195 Å². The number of ether oxygens (including phenoxy) is 3. The molecule has 1 aliphatic heterocycles. The average molecular weight is 453 g/mol. The Balaban J connectivity index is 1.47. The number of fused-ring (bicyclic) bond motifs is 1. The van der Waals surface area contributed by atoms with Crippen molar-refractivity contribution in [3.05, 3.63) is 59.7 Å². The molecule has 0 atom stereocenters. The number of hydrogen-bond donors (Lipinski definition) is 1. The summed E-state index contributed by atoms with van der Waals surface area (Å²) in [6.07, 6.45) is 4.14. The molecule has 0 saturated heterocycles. The highest BCUT2D eigenvalue weighted by atomic mass is 16.6. The molecule has 2 aromatic rings. The summed E-state index contributed by atoms with van der Waals surface area (Å²) in [7, 11) is 1.38. The maximum atomic E-state index is 13.3. The van der Waals surface area contributed by atoms with E-state index < -0.39 is 5.54 Å². The van der Waals surface area contributed by atoms with Gasteiger partial charge in [0.05, 0.1) is 25.6 Å². The predicted molar refractivity (Wildman–Crippen MR) is 124 cm³/mol. The number of methoxy groups -OCH3 is 1. The zero-order chi connectivity index (χ0) is 23.1. The lowest BCUT2D eigenvalue weighted by Gasteiger charge is -2.33. The Morgan fingerprint density at radius 3 is 2.48 bits per heavy atom. The second-order valence-electron chi connectivity index (χ2n) is 8.72. The van der Waals surface area contributed by atoms with Crippen LogP contribution in [0.15, 0.2) is 48.5 Å². The molecule has 1 aliphatic carbocycles. The van der Waals surface area contributed by atoms with Crippen molar-refractivity contribution in [3.8, 4) is 11.5 Å². The van der Waals surface area contributed by atoms with Crippen molar-refractivity contribution in [3.63, 3.8) is 0 Å². The number of nitrogens with zero attached hydrogens (tertiary/aromatic N) is 1. The smallest absolute Gasteiger partial charge is 0.306 e. The monoisotopic (exact) mass is 452 g/mol. The summed E-state index contributed by atoms with van der Waals surface area (Å²) >= 11 is 0. The van der Waals surface area contributed by atoms with E-state index >= 15 is 0 Å². The molecule has 1 saturated carbocycles. The normalized spacial score (nSPS) is 16.4. The molecule has 7 heteroatoms. The number of rotatable bonds is 9. The van der Waals surface area contributed by atoms with Crippen molar-refractivity contribution in [2.24, 2.45) is 0 Å². The Morgan fingerprint density at radius 1 is 1.03 bits per heavy atom. The van der Waals surface area contributed by atoms with Crippen molar-refractivity contribution in [1.29, 1.82) is 0 Å². The molecule has 0 spiro atoms. The van der Waals surface area contributed by atoms with Gasteiger partial charge in [0.1, 0.15) is 13.2 Å². The first-order valence-electron chi connectivity index (χ1n) is 11.6. The molecule has 0 aromatic heterocycles. The van der Waals surface area contributed by atoms with Crippen LogP contribution in [0.3, 0.4) is 0 Å². The van der Waals surface area contributed by atoms with Gasteiger partial charge in [0.2, 0.25) is 5.91 Å². The fourth-order valence-electron chi connectivity index (χ4n) is 4.72. The summed E-state index contributed by atoms with van der Waals surface area (Å²) in [6.45, 7) is 2.33. The Morgan fingerprint density at radius 2 is 1.76 bits per heavy atom. The zero-order valence-electron chi connectivity index (χ0n) is 19.2. The zero-order valence-corrected chi connectivity index (χ0v) is 19.2. The van der Waals surface area contributed by atoms with E-state index in [0.717, 1.165) is 48.3 Å². The van der Waals surface area contributed by atoms with Crippen molar-refractivity contribution in [2.45, 2.75) is 44.2 Å². The van der Waals surface area contributed by atoms with Crippen LogP contribution in [-0.4, -0.2) is 50.2 Å². The molecule has 1 N–H and O–H groups in total. The van der Waals surface area contributed by atoms with E-state index in [1.807, 2.05) is 53.4 Å². The topological polar surface area (TPSA) is 77.1 Å². The molecule has 7 nitrogen and oxygen atoms in total. The van der Waals surface area contributed by atoms with Crippen LogP contribution in [0.2, 0.25) is 0 Å². The number of amides is 1. The van der Waals surface area contributed by atoms with Gasteiger partial charge in [0, 0.05) is 13.1 Å². The molecule has 0 radical (unpaired) electrons. The van der Waals surface area contributed by atoms with E-state index in [1.165, 1.54) is 7.11 Å². The molecule has 1 amide bonds. The Kier molecular flexibility index (Phi) is 7.50. The number of hydrogen-bond acceptors (Lipinski definition) is 6. The third-order valence-corrected chi connectivity index (χ3v) is 6.41. The molecule has 4 rings (SSSR count). The van der Waals surface area contributed by atoms with Crippen molar-refractivity contribution >= 4 is 11.9 Å². The molecule has 2 aromatic carbocycles. The first kappa shape index (κ1) is 23.1. The summed E-state index contributed by atoms with van der Waals surface area (Å²) < 4.78 is 16.2. The summed E-state index contributed by atoms with van der Waals surface area (Å²) in [5, 5.41) is 3.34. The van der Waals surface area contributed by atoms with Crippen LogP contribution in [0.25, 0.3) is 0 Å². The van der Waals surface area contributed by atoms with Crippen LogP contribution in [0.1, 0.15) is 43.2 Å². The molecule has 176 valence electrons. The number of esters is 1. The SMILES string of the molecule is COC(=O)CCN(CC(=O)NC1(c2ccc3c(c2)OCCO3)CCCC1)Cc1ccccc1. The van der Waals surface area contributed by atoms with E-state index in [4.69, 9.17) is 14.2 Å². The molecule has 1 heterocycles. The van der Waals surface area contributed by atoms with Crippen molar-refractivity contribution < 1.29 is 23.8 Å². The maximum Gasteiger partial charge on any atom is 0.306 e. The third-order valence-electron chi connectivity index (χ3n) is 6.41. The largest absolute Gasteiger partial charge is 0.486 e. The van der Waals surface area contributed by atoms with Crippen molar-refractivity contribution in [2.75, 3.05) is 33.4 Å². The molecular formula is C26H32N2O5. The molecule has 33 heavy (non-hydrogen) atoms. The highest BCUT2D eigenvalue weighted by Crippen LogP contribution is 2.42. The van der Waals surface area contributed by atoms with Gasteiger partial charge in [-0.25, -0.2) is 0 Å². The van der Waals surface area contributed by atoms with Gasteiger partial charge in [0.25, 0.3) is 0 Å². The fourth-order valence-corrected chi connectivity index (χ4v) is 4.72. The molecule has 0 bridgehead atoms. The lowest BCUT2D eigenvalue weighted by molar-refractivity contribution is -0.141. The minimum absolute atomic E-state index is 0.0485. The van der Waals surface area contributed by atoms with Crippen LogP contribution in [-0.2, 0) is 26.4 Å². The van der Waals surface area contributed by atoms with Crippen LogP contribution >= 0.6 is 0 Å². The summed E-state index contributed by atoms with van der Waals surface area (Å²) in [5.41, 5.74) is 1.74. The minimum Gasteiger partial charge on any atom is -0.486 e. The molecule has 2 aliphatic rings. The van der Waals surface area contributed by atoms with Gasteiger partial charge >= 0.3 is 5.97 Å². The molecule has 1 fully saturated rings. The molecule has 0 unspecified atom stereocenters. The number of carbonyl (C=O) groups is 2. The van der Waals surface area contributed by atoms with E-state index in [2.05, 4.69) is 5.32 Å². The van der Waals surface area contributed by atoms with Crippen LogP contribution < -0.4 is 14.8 Å². The maximum absolute atomic E-state index is 13.3. The lowest BCUT2D eigenvalue weighted by atomic mass is 9.87. The van der Waals surface area contributed by atoms with Gasteiger partial charge in [-0.2, -0.15) is 0 Å².